The minimum atomic E-state index is -0.192. The van der Waals surface area contributed by atoms with Gasteiger partial charge in [-0.1, -0.05) is 11.6 Å². The van der Waals surface area contributed by atoms with Crippen LogP contribution < -0.4 is 20.3 Å². The number of hydrogen-bond donors (Lipinski definition) is 2. The average molecular weight is 437 g/mol. The Balaban J connectivity index is 1.32. The number of anilines is 2. The summed E-state index contributed by atoms with van der Waals surface area (Å²) in [7, 11) is 1.59. The van der Waals surface area contributed by atoms with Gasteiger partial charge in [0.1, 0.15) is 11.6 Å². The van der Waals surface area contributed by atoms with Crippen molar-refractivity contribution in [2.45, 2.75) is 6.42 Å². The molecular weight excluding hydrogens is 411 g/mol. The van der Waals surface area contributed by atoms with Crippen LogP contribution in [-0.2, 0) is 0 Å². The number of ether oxygens (including phenoxy) is 1. The highest BCUT2D eigenvalue weighted by Gasteiger charge is 2.16. The van der Waals surface area contributed by atoms with Gasteiger partial charge in [-0.2, -0.15) is 0 Å². The molecule has 0 amide bonds. The van der Waals surface area contributed by atoms with Gasteiger partial charge in [0.2, 0.25) is 0 Å². The van der Waals surface area contributed by atoms with Crippen molar-refractivity contribution >= 4 is 40.3 Å². The molecule has 2 N–H and O–H groups in total. The van der Waals surface area contributed by atoms with Crippen molar-refractivity contribution in [2.75, 3.05) is 56.6 Å². The van der Waals surface area contributed by atoms with E-state index in [1.807, 2.05) is 18.2 Å². The van der Waals surface area contributed by atoms with Gasteiger partial charge in [-0.3, -0.25) is 4.90 Å². The van der Waals surface area contributed by atoms with Gasteiger partial charge in [-0.25, -0.2) is 4.39 Å². The number of benzene rings is 2. The molecule has 1 fully saturated rings. The molecule has 1 heterocycles. The highest BCUT2D eigenvalue weighted by molar-refractivity contribution is 7.80. The third kappa shape index (κ3) is 6.45. The zero-order valence-electron chi connectivity index (χ0n) is 16.5. The lowest BCUT2D eigenvalue weighted by atomic mass is 10.2. The SMILES string of the molecule is COc1ccc(NC(=S)NCCCN2CCN(c3ccc(F)cc3)CC2)cc1Cl. The first kappa shape index (κ1) is 21.6. The van der Waals surface area contributed by atoms with E-state index < -0.39 is 0 Å². The van der Waals surface area contributed by atoms with Crippen LogP contribution in [0.1, 0.15) is 6.42 Å². The molecule has 8 heteroatoms. The van der Waals surface area contributed by atoms with Crippen molar-refractivity contribution in [1.82, 2.24) is 10.2 Å². The van der Waals surface area contributed by atoms with Gasteiger partial charge < -0.3 is 20.3 Å². The van der Waals surface area contributed by atoms with E-state index in [-0.39, 0.29) is 5.82 Å². The van der Waals surface area contributed by atoms with E-state index in [1.54, 1.807) is 19.2 Å². The summed E-state index contributed by atoms with van der Waals surface area (Å²) in [4.78, 5) is 4.74. The van der Waals surface area contributed by atoms with Gasteiger partial charge in [0.25, 0.3) is 0 Å². The number of halogens is 2. The van der Waals surface area contributed by atoms with E-state index in [4.69, 9.17) is 28.6 Å². The topological polar surface area (TPSA) is 39.8 Å². The van der Waals surface area contributed by atoms with Crippen LogP contribution in [0.25, 0.3) is 0 Å². The van der Waals surface area contributed by atoms with Gasteiger partial charge in [0.05, 0.1) is 12.1 Å². The van der Waals surface area contributed by atoms with Crippen molar-refractivity contribution in [3.63, 3.8) is 0 Å². The lowest BCUT2D eigenvalue weighted by Crippen LogP contribution is -2.47. The summed E-state index contributed by atoms with van der Waals surface area (Å²) in [5, 5.41) is 7.48. The molecule has 0 aliphatic carbocycles. The van der Waals surface area contributed by atoms with Crippen LogP contribution >= 0.6 is 23.8 Å². The fraction of sp³-hybridized carbons (Fsp3) is 0.381. The lowest BCUT2D eigenvalue weighted by molar-refractivity contribution is 0.255. The third-order valence-electron chi connectivity index (χ3n) is 4.91. The molecule has 0 aromatic heterocycles. The highest BCUT2D eigenvalue weighted by atomic mass is 35.5. The number of nitrogens with zero attached hydrogens (tertiary/aromatic N) is 2. The van der Waals surface area contributed by atoms with Gasteiger partial charge in [-0.05, 0) is 67.6 Å². The maximum Gasteiger partial charge on any atom is 0.170 e. The van der Waals surface area contributed by atoms with E-state index in [0.29, 0.717) is 15.9 Å². The molecule has 2 aromatic rings. The first-order chi connectivity index (χ1) is 14.0. The molecule has 156 valence electrons. The molecule has 5 nitrogen and oxygen atoms in total. The Morgan fingerprint density at radius 1 is 1.14 bits per heavy atom. The first-order valence-electron chi connectivity index (χ1n) is 9.66. The predicted molar refractivity (Wildman–Crippen MR) is 122 cm³/mol. The molecule has 3 rings (SSSR count). The minimum Gasteiger partial charge on any atom is -0.495 e. The van der Waals surface area contributed by atoms with Crippen LogP contribution in [0.2, 0.25) is 5.02 Å². The van der Waals surface area contributed by atoms with Gasteiger partial charge >= 0.3 is 0 Å². The third-order valence-corrected chi connectivity index (χ3v) is 5.45. The molecule has 29 heavy (non-hydrogen) atoms. The van der Waals surface area contributed by atoms with E-state index >= 15 is 0 Å². The van der Waals surface area contributed by atoms with Gasteiger partial charge in [0, 0.05) is 44.1 Å². The number of rotatable bonds is 7. The van der Waals surface area contributed by atoms with Crippen molar-refractivity contribution in [1.29, 1.82) is 0 Å². The Morgan fingerprint density at radius 2 is 1.86 bits per heavy atom. The summed E-state index contributed by atoms with van der Waals surface area (Å²) in [5.74, 6) is 0.443. The van der Waals surface area contributed by atoms with Crippen LogP contribution in [0.5, 0.6) is 5.75 Å². The van der Waals surface area contributed by atoms with Crippen LogP contribution in [0.3, 0.4) is 0 Å². The van der Waals surface area contributed by atoms with Crippen molar-refractivity contribution in [3.8, 4) is 5.75 Å². The quantitative estimate of drug-likeness (QED) is 0.505. The smallest absolute Gasteiger partial charge is 0.170 e. The Morgan fingerprint density at radius 3 is 2.52 bits per heavy atom. The predicted octanol–water partition coefficient (Wildman–Crippen LogP) is 3.99. The fourth-order valence-corrected chi connectivity index (χ4v) is 3.78. The van der Waals surface area contributed by atoms with Crippen LogP contribution in [0, 0.1) is 5.82 Å². The number of methoxy groups -OCH3 is 1. The molecular formula is C21H26ClFN4OS. The molecule has 0 atom stereocenters. The van der Waals surface area contributed by atoms with Crippen molar-refractivity contribution in [3.05, 3.63) is 53.3 Å². The molecule has 0 radical (unpaired) electrons. The monoisotopic (exact) mass is 436 g/mol. The lowest BCUT2D eigenvalue weighted by Gasteiger charge is -2.36. The Hall–Kier alpha value is -2.09. The number of piperazine rings is 1. The molecule has 0 spiro atoms. The van der Waals surface area contributed by atoms with Gasteiger partial charge in [-0.15, -0.1) is 0 Å². The summed E-state index contributed by atoms with van der Waals surface area (Å²) in [6.45, 7) is 5.73. The second-order valence-electron chi connectivity index (χ2n) is 6.89. The van der Waals surface area contributed by atoms with Crippen LogP contribution in [0.15, 0.2) is 42.5 Å². The Kier molecular flexibility index (Phi) is 7.91. The summed E-state index contributed by atoms with van der Waals surface area (Å²) < 4.78 is 18.2. The molecule has 0 saturated carbocycles. The summed E-state index contributed by atoms with van der Waals surface area (Å²) in [6.07, 6.45) is 1.00. The maximum absolute atomic E-state index is 13.1. The summed E-state index contributed by atoms with van der Waals surface area (Å²) >= 11 is 11.5. The zero-order valence-corrected chi connectivity index (χ0v) is 18.0. The van der Waals surface area contributed by atoms with E-state index in [1.165, 1.54) is 12.1 Å². The van der Waals surface area contributed by atoms with Crippen LogP contribution in [0.4, 0.5) is 15.8 Å². The number of thiocarbonyl (C=S) groups is 1. The second kappa shape index (κ2) is 10.6. The molecule has 0 bridgehead atoms. The summed E-state index contributed by atoms with van der Waals surface area (Å²) in [5.41, 5.74) is 1.91. The van der Waals surface area contributed by atoms with Crippen LogP contribution in [-0.4, -0.2) is 56.4 Å². The fourth-order valence-electron chi connectivity index (χ4n) is 3.31. The van der Waals surface area contributed by atoms with Crippen molar-refractivity contribution < 1.29 is 9.13 Å². The summed E-state index contributed by atoms with van der Waals surface area (Å²) in [6, 6.07) is 12.2. The standard InChI is InChI=1S/C21H26ClFN4OS/c1-28-20-8-5-17(15-19(20)22)25-21(29)24-9-2-10-26-11-13-27(14-12-26)18-6-3-16(23)4-7-18/h3-8,15H,2,9-14H2,1H3,(H2,24,25,29). The molecule has 1 saturated heterocycles. The Labute approximate surface area is 181 Å². The van der Waals surface area contributed by atoms with Gasteiger partial charge in [0.15, 0.2) is 5.11 Å². The first-order valence-corrected chi connectivity index (χ1v) is 10.4. The average Bonchev–Trinajstić information content (AvgIpc) is 2.72. The van der Waals surface area contributed by atoms with E-state index in [2.05, 4.69) is 20.4 Å². The molecule has 1 aliphatic rings. The Bertz CT molecular complexity index is 813. The zero-order chi connectivity index (χ0) is 20.6. The highest BCUT2D eigenvalue weighted by Crippen LogP contribution is 2.27. The molecule has 1 aliphatic heterocycles. The van der Waals surface area contributed by atoms with E-state index in [0.717, 1.165) is 57.1 Å². The largest absolute Gasteiger partial charge is 0.495 e. The molecule has 0 unspecified atom stereocenters. The van der Waals surface area contributed by atoms with Crippen molar-refractivity contribution in [2.24, 2.45) is 0 Å². The molecule has 2 aromatic carbocycles. The normalized spacial score (nSPS) is 14.5. The second-order valence-corrected chi connectivity index (χ2v) is 7.70. The number of hydrogen-bond acceptors (Lipinski definition) is 4. The number of nitrogens with one attached hydrogen (secondary N) is 2. The van der Waals surface area contributed by atoms with E-state index in [9.17, 15) is 4.39 Å². The minimum absolute atomic E-state index is 0.192. The maximum atomic E-state index is 13.1.